The normalized spacial score (nSPS) is 18.3. The third-order valence-corrected chi connectivity index (χ3v) is 6.07. The van der Waals surface area contributed by atoms with Crippen molar-refractivity contribution in [3.63, 3.8) is 0 Å². The first kappa shape index (κ1) is 15.1. The van der Waals surface area contributed by atoms with Gasteiger partial charge in [-0.15, -0.1) is 11.8 Å². The molecular weight excluding hydrogens is 414 g/mol. The van der Waals surface area contributed by atoms with Crippen LogP contribution in [0.3, 0.4) is 0 Å². The molecule has 0 spiro atoms. The lowest BCUT2D eigenvalue weighted by atomic mass is 10.1. The van der Waals surface area contributed by atoms with Crippen LogP contribution in [-0.4, -0.2) is 11.7 Å². The summed E-state index contributed by atoms with van der Waals surface area (Å²) in [6.07, 6.45) is 0. The quantitative estimate of drug-likeness (QED) is 0.649. The molecule has 1 fully saturated rings. The van der Waals surface area contributed by atoms with E-state index in [1.54, 1.807) is 11.8 Å². The zero-order valence-electron chi connectivity index (χ0n) is 11.3. The molecule has 1 heterocycles. The number of hydrogen-bond acceptors (Lipinski definition) is 2. The van der Waals surface area contributed by atoms with Gasteiger partial charge < -0.3 is 0 Å². The largest absolute Gasteiger partial charge is 0.295 e. The van der Waals surface area contributed by atoms with Crippen molar-refractivity contribution >= 4 is 55.2 Å². The molecule has 3 rings (SSSR count). The fraction of sp³-hybridized carbons (Fsp3) is 0.188. The molecule has 1 unspecified atom stereocenters. The minimum atomic E-state index is 0.0474. The molecule has 2 aromatic carbocycles. The Hall–Kier alpha value is -0.780. The molecule has 0 aliphatic carbocycles. The summed E-state index contributed by atoms with van der Waals surface area (Å²) >= 11 is 8.63. The predicted molar refractivity (Wildman–Crippen MR) is 95.7 cm³/mol. The van der Waals surface area contributed by atoms with Gasteiger partial charge in [0.15, 0.2) is 0 Å². The molecular formula is C16H13Br2NOS. The lowest BCUT2D eigenvalue weighted by Gasteiger charge is -2.25. The van der Waals surface area contributed by atoms with Crippen molar-refractivity contribution in [2.24, 2.45) is 0 Å². The zero-order chi connectivity index (χ0) is 15.0. The van der Waals surface area contributed by atoms with Gasteiger partial charge in [0, 0.05) is 14.6 Å². The summed E-state index contributed by atoms with van der Waals surface area (Å²) in [6.45, 7) is 2.04. The molecule has 5 heteroatoms. The van der Waals surface area contributed by atoms with Gasteiger partial charge in [0.05, 0.1) is 5.75 Å². The molecule has 1 amide bonds. The average molecular weight is 427 g/mol. The summed E-state index contributed by atoms with van der Waals surface area (Å²) < 4.78 is 2.11. The smallest absolute Gasteiger partial charge is 0.238 e. The topological polar surface area (TPSA) is 20.3 Å². The summed E-state index contributed by atoms with van der Waals surface area (Å²) in [6, 6.07) is 14.2. The van der Waals surface area contributed by atoms with Crippen molar-refractivity contribution in [2.45, 2.75) is 12.3 Å². The second kappa shape index (κ2) is 6.15. The Kier molecular flexibility index (Phi) is 4.43. The van der Waals surface area contributed by atoms with Crippen molar-refractivity contribution in [1.29, 1.82) is 0 Å². The molecule has 1 aliphatic heterocycles. The summed E-state index contributed by atoms with van der Waals surface area (Å²) in [5.41, 5.74) is 3.24. The van der Waals surface area contributed by atoms with Crippen molar-refractivity contribution in [2.75, 3.05) is 10.7 Å². The van der Waals surface area contributed by atoms with Crippen LogP contribution in [0.2, 0.25) is 0 Å². The molecule has 0 aromatic heterocycles. The molecule has 0 saturated carbocycles. The highest BCUT2D eigenvalue weighted by molar-refractivity contribution is 9.10. The van der Waals surface area contributed by atoms with E-state index < -0.39 is 0 Å². The minimum Gasteiger partial charge on any atom is -0.295 e. The van der Waals surface area contributed by atoms with Crippen LogP contribution in [-0.2, 0) is 4.79 Å². The van der Waals surface area contributed by atoms with Crippen molar-refractivity contribution in [3.05, 3.63) is 62.5 Å². The van der Waals surface area contributed by atoms with Gasteiger partial charge in [-0.2, -0.15) is 0 Å². The van der Waals surface area contributed by atoms with Crippen molar-refractivity contribution in [3.8, 4) is 0 Å². The number of amides is 1. The molecule has 108 valence electrons. The minimum absolute atomic E-state index is 0.0474. The number of nitrogens with zero attached hydrogens (tertiary/aromatic N) is 1. The van der Waals surface area contributed by atoms with Gasteiger partial charge in [0.1, 0.15) is 5.37 Å². The molecule has 2 nitrogen and oxygen atoms in total. The highest BCUT2D eigenvalue weighted by atomic mass is 79.9. The SMILES string of the molecule is Cc1cc(N2C(=O)CSC2c2ccc(Br)cc2)ccc1Br. The predicted octanol–water partition coefficient (Wildman–Crippen LogP) is 5.30. The van der Waals surface area contributed by atoms with Gasteiger partial charge in [-0.25, -0.2) is 0 Å². The lowest BCUT2D eigenvalue weighted by molar-refractivity contribution is -0.115. The van der Waals surface area contributed by atoms with Crippen LogP contribution in [0.1, 0.15) is 16.5 Å². The van der Waals surface area contributed by atoms with Crippen LogP contribution in [0.25, 0.3) is 0 Å². The van der Waals surface area contributed by atoms with Crippen LogP contribution < -0.4 is 4.90 Å². The third-order valence-electron chi connectivity index (χ3n) is 3.44. The number of carbonyl (C=O) groups excluding carboxylic acids is 1. The molecule has 1 saturated heterocycles. The number of carbonyl (C=O) groups is 1. The maximum Gasteiger partial charge on any atom is 0.238 e. The van der Waals surface area contributed by atoms with E-state index in [0.717, 1.165) is 25.8 Å². The van der Waals surface area contributed by atoms with E-state index >= 15 is 0 Å². The van der Waals surface area contributed by atoms with Gasteiger partial charge in [-0.05, 0) is 48.4 Å². The van der Waals surface area contributed by atoms with Crippen LogP contribution in [0, 0.1) is 6.92 Å². The van der Waals surface area contributed by atoms with Crippen LogP contribution >= 0.6 is 43.6 Å². The Morgan fingerprint density at radius 3 is 2.52 bits per heavy atom. The van der Waals surface area contributed by atoms with E-state index in [1.807, 2.05) is 36.1 Å². The number of aryl methyl sites for hydroxylation is 1. The van der Waals surface area contributed by atoms with E-state index in [-0.39, 0.29) is 11.3 Å². The average Bonchev–Trinajstić information content (AvgIpc) is 2.85. The fourth-order valence-electron chi connectivity index (χ4n) is 2.36. The zero-order valence-corrected chi connectivity index (χ0v) is 15.3. The first-order chi connectivity index (χ1) is 10.1. The molecule has 0 bridgehead atoms. The van der Waals surface area contributed by atoms with Gasteiger partial charge in [-0.1, -0.05) is 44.0 Å². The summed E-state index contributed by atoms with van der Waals surface area (Å²) in [5.74, 6) is 0.685. The molecule has 0 N–H and O–H groups in total. The van der Waals surface area contributed by atoms with E-state index in [9.17, 15) is 4.79 Å². The third kappa shape index (κ3) is 3.05. The van der Waals surface area contributed by atoms with Crippen molar-refractivity contribution < 1.29 is 4.79 Å². The van der Waals surface area contributed by atoms with Gasteiger partial charge in [0.2, 0.25) is 5.91 Å². The molecule has 2 aromatic rings. The number of thioether (sulfide) groups is 1. The van der Waals surface area contributed by atoms with Crippen LogP contribution in [0.5, 0.6) is 0 Å². The second-order valence-corrected chi connectivity index (χ2v) is 7.75. The van der Waals surface area contributed by atoms with E-state index in [0.29, 0.717) is 5.75 Å². The van der Waals surface area contributed by atoms with E-state index in [1.165, 1.54) is 0 Å². The standard InChI is InChI=1S/C16H13Br2NOS/c1-10-8-13(6-7-14(10)18)19-15(20)9-21-16(19)11-2-4-12(17)5-3-11/h2-8,16H,9H2,1H3. The highest BCUT2D eigenvalue weighted by Crippen LogP contribution is 2.42. The van der Waals surface area contributed by atoms with Gasteiger partial charge in [-0.3, -0.25) is 9.69 Å². The summed E-state index contributed by atoms with van der Waals surface area (Å²) in [5, 5.41) is 0.0474. The Morgan fingerprint density at radius 2 is 1.86 bits per heavy atom. The van der Waals surface area contributed by atoms with Crippen molar-refractivity contribution in [1.82, 2.24) is 0 Å². The number of benzene rings is 2. The maximum absolute atomic E-state index is 12.3. The highest BCUT2D eigenvalue weighted by Gasteiger charge is 2.34. The molecule has 1 aliphatic rings. The first-order valence-electron chi connectivity index (χ1n) is 6.51. The Labute approximate surface area is 145 Å². The fourth-order valence-corrected chi connectivity index (χ4v) is 4.04. The second-order valence-electron chi connectivity index (χ2n) is 4.91. The van der Waals surface area contributed by atoms with E-state index in [4.69, 9.17) is 0 Å². The van der Waals surface area contributed by atoms with E-state index in [2.05, 4.69) is 50.1 Å². The first-order valence-corrected chi connectivity index (χ1v) is 9.15. The number of rotatable bonds is 2. The van der Waals surface area contributed by atoms with Crippen LogP contribution in [0.15, 0.2) is 51.4 Å². The molecule has 1 atom stereocenters. The summed E-state index contributed by atoms with van der Waals surface area (Å²) in [4.78, 5) is 14.2. The van der Waals surface area contributed by atoms with Gasteiger partial charge >= 0.3 is 0 Å². The maximum atomic E-state index is 12.3. The number of halogens is 2. The summed E-state index contributed by atoms with van der Waals surface area (Å²) in [7, 11) is 0. The number of hydrogen-bond donors (Lipinski definition) is 0. The Balaban J connectivity index is 1.99. The number of anilines is 1. The Morgan fingerprint density at radius 1 is 1.14 bits per heavy atom. The molecule has 21 heavy (non-hydrogen) atoms. The van der Waals surface area contributed by atoms with Gasteiger partial charge in [0.25, 0.3) is 0 Å². The van der Waals surface area contributed by atoms with Crippen LogP contribution in [0.4, 0.5) is 5.69 Å². The Bertz CT molecular complexity index is 687. The molecule has 0 radical (unpaired) electrons. The monoisotopic (exact) mass is 425 g/mol. The lowest BCUT2D eigenvalue weighted by Crippen LogP contribution is -2.27.